The van der Waals surface area contributed by atoms with Crippen LogP contribution in [0.1, 0.15) is 0 Å². The number of carbonyl (C=O) groups is 1. The van der Waals surface area contributed by atoms with Gasteiger partial charge in [0.05, 0.1) is 7.11 Å². The van der Waals surface area contributed by atoms with Crippen molar-refractivity contribution in [2.24, 2.45) is 0 Å². The molecule has 0 aliphatic carbocycles. The van der Waals surface area contributed by atoms with Crippen LogP contribution in [0, 0.1) is 0 Å². The van der Waals surface area contributed by atoms with Gasteiger partial charge in [-0.1, -0.05) is 0 Å². The summed E-state index contributed by atoms with van der Waals surface area (Å²) in [6, 6.07) is 6.06. The summed E-state index contributed by atoms with van der Waals surface area (Å²) in [4.78, 5) is 25.1. The molecule has 4 rings (SSSR count). The fraction of sp³-hybridized carbons (Fsp3) is 0.273. The average molecular weight is 492 g/mol. The fourth-order valence-corrected chi connectivity index (χ4v) is 3.54. The van der Waals surface area contributed by atoms with E-state index in [0.29, 0.717) is 5.56 Å². The number of rotatable bonds is 4. The maximum atomic E-state index is 12.6. The number of ether oxygens (including phenoxy) is 3. The lowest BCUT2D eigenvalue weighted by Crippen LogP contribution is -2.60. The lowest BCUT2D eigenvalue weighted by atomic mass is 9.99. The first kappa shape index (κ1) is 24.3. The van der Waals surface area contributed by atoms with Crippen LogP contribution in [0.3, 0.4) is 0 Å². The van der Waals surface area contributed by atoms with Crippen molar-refractivity contribution >= 4 is 16.9 Å². The molecule has 186 valence electrons. The molecule has 13 heteroatoms. The smallest absolute Gasteiger partial charge is 0.343 e. The monoisotopic (exact) mass is 492 g/mol. The molecule has 35 heavy (non-hydrogen) atoms. The number of aliphatic hydroxyl groups is 4. The van der Waals surface area contributed by atoms with Crippen molar-refractivity contribution in [2.75, 3.05) is 7.11 Å². The van der Waals surface area contributed by atoms with Crippen LogP contribution < -0.4 is 14.9 Å². The average Bonchev–Trinajstić information content (AvgIpc) is 2.83. The van der Waals surface area contributed by atoms with Gasteiger partial charge in [0.15, 0.2) is 40.8 Å². The summed E-state index contributed by atoms with van der Waals surface area (Å²) in [5, 5.41) is 68.8. The topological polar surface area (TPSA) is 217 Å². The molecule has 0 radical (unpaired) electrons. The van der Waals surface area contributed by atoms with E-state index in [1.54, 1.807) is 0 Å². The lowest BCUT2D eigenvalue weighted by molar-refractivity contribution is -0.279. The van der Waals surface area contributed by atoms with Gasteiger partial charge in [0, 0.05) is 17.7 Å². The molecule has 0 bridgehead atoms. The molecular formula is C22H20O13. The van der Waals surface area contributed by atoms with Crippen molar-refractivity contribution < 1.29 is 59.2 Å². The minimum Gasteiger partial charge on any atom is -0.504 e. The summed E-state index contributed by atoms with van der Waals surface area (Å²) < 4.78 is 20.4. The molecule has 0 amide bonds. The van der Waals surface area contributed by atoms with Crippen molar-refractivity contribution in [1.29, 1.82) is 0 Å². The van der Waals surface area contributed by atoms with Gasteiger partial charge in [-0.15, -0.1) is 0 Å². The molecule has 1 aliphatic rings. The number of hydrogen-bond acceptors (Lipinski definition) is 13. The van der Waals surface area contributed by atoms with E-state index in [-0.39, 0.29) is 22.8 Å². The third-order valence-corrected chi connectivity index (χ3v) is 5.43. The number of methoxy groups -OCH3 is 1. The highest BCUT2D eigenvalue weighted by Crippen LogP contribution is 2.42. The van der Waals surface area contributed by atoms with Gasteiger partial charge in [0.2, 0.25) is 5.75 Å². The highest BCUT2D eigenvalue weighted by molar-refractivity contribution is 5.91. The van der Waals surface area contributed by atoms with Crippen LogP contribution in [-0.4, -0.2) is 79.5 Å². The lowest BCUT2D eigenvalue weighted by Gasteiger charge is -2.36. The summed E-state index contributed by atoms with van der Waals surface area (Å²) in [5.41, 5.74) is -0.756. The fourth-order valence-electron chi connectivity index (χ4n) is 3.54. The zero-order valence-corrected chi connectivity index (χ0v) is 17.9. The van der Waals surface area contributed by atoms with Crippen LogP contribution in [0.5, 0.6) is 28.7 Å². The largest absolute Gasteiger partial charge is 0.504 e. The second-order valence-corrected chi connectivity index (χ2v) is 7.65. The minimum atomic E-state index is -2.02. The van der Waals surface area contributed by atoms with E-state index in [1.165, 1.54) is 25.3 Å². The second kappa shape index (κ2) is 9.05. The Balaban J connectivity index is 1.74. The number of phenols is 3. The number of carbonyl (C=O) groups excluding carboxylic acids is 1. The van der Waals surface area contributed by atoms with Gasteiger partial charge >= 0.3 is 5.97 Å². The van der Waals surface area contributed by atoms with Crippen LogP contribution in [0.4, 0.5) is 0 Å². The summed E-state index contributed by atoms with van der Waals surface area (Å²) in [6.45, 7) is 0. The predicted octanol–water partition coefficient (Wildman–Crippen LogP) is -0.709. The van der Waals surface area contributed by atoms with E-state index < -0.39 is 64.7 Å². The first-order chi connectivity index (χ1) is 16.5. The Morgan fingerprint density at radius 2 is 1.63 bits per heavy atom. The molecular weight excluding hydrogens is 472 g/mol. The van der Waals surface area contributed by atoms with Gasteiger partial charge in [-0.05, 0) is 18.2 Å². The quantitative estimate of drug-likeness (QED) is 0.136. The third-order valence-electron chi connectivity index (χ3n) is 5.43. The Kier molecular flexibility index (Phi) is 6.27. The number of phenolic OH excluding ortho intramolecular Hbond substituents is 3. The second-order valence-electron chi connectivity index (χ2n) is 7.65. The molecule has 5 atom stereocenters. The van der Waals surface area contributed by atoms with Gasteiger partial charge in [-0.25, -0.2) is 4.79 Å². The maximum Gasteiger partial charge on any atom is 0.343 e. The molecule has 1 aliphatic heterocycles. The zero-order valence-electron chi connectivity index (χ0n) is 17.9. The number of hydrogen-bond donors (Lipinski definition) is 7. The summed E-state index contributed by atoms with van der Waals surface area (Å²) in [6.07, 6.45) is -9.82. The van der Waals surface area contributed by atoms with E-state index in [1.807, 2.05) is 0 Å². The van der Waals surface area contributed by atoms with Crippen molar-refractivity contribution in [3.05, 3.63) is 40.6 Å². The summed E-state index contributed by atoms with van der Waals surface area (Å²) >= 11 is 0. The highest BCUT2D eigenvalue weighted by Gasteiger charge is 2.47. The Labute approximate surface area is 195 Å². The maximum absolute atomic E-state index is 12.6. The van der Waals surface area contributed by atoms with E-state index in [4.69, 9.17) is 18.6 Å². The normalized spacial score (nSPS) is 24.3. The molecule has 2 heterocycles. The van der Waals surface area contributed by atoms with Gasteiger partial charge in [0.1, 0.15) is 35.0 Å². The zero-order chi connectivity index (χ0) is 25.6. The van der Waals surface area contributed by atoms with Crippen molar-refractivity contribution in [2.45, 2.75) is 30.7 Å². The molecule has 1 saturated heterocycles. The molecule has 13 nitrogen and oxygen atoms in total. The number of aromatic hydroxyl groups is 3. The van der Waals surface area contributed by atoms with Gasteiger partial charge in [-0.2, -0.15) is 0 Å². The Hall–Kier alpha value is -3.88. The molecule has 1 unspecified atom stereocenters. The van der Waals surface area contributed by atoms with Crippen LogP contribution in [-0.2, 0) is 9.53 Å². The van der Waals surface area contributed by atoms with E-state index >= 15 is 0 Å². The van der Waals surface area contributed by atoms with Crippen LogP contribution in [0.15, 0.2) is 39.5 Å². The predicted molar refractivity (Wildman–Crippen MR) is 114 cm³/mol. The summed E-state index contributed by atoms with van der Waals surface area (Å²) in [7, 11) is 1.32. The van der Waals surface area contributed by atoms with E-state index in [9.17, 15) is 45.3 Å². The number of fused-ring (bicyclic) bond motifs is 1. The van der Waals surface area contributed by atoms with E-state index in [2.05, 4.69) is 0 Å². The first-order valence-corrected chi connectivity index (χ1v) is 10.0. The number of esters is 1. The van der Waals surface area contributed by atoms with Crippen LogP contribution in [0.25, 0.3) is 22.3 Å². The highest BCUT2D eigenvalue weighted by atomic mass is 16.7. The van der Waals surface area contributed by atoms with Gasteiger partial charge in [0.25, 0.3) is 0 Å². The number of aliphatic hydroxyl groups excluding tert-OH is 4. The van der Waals surface area contributed by atoms with Crippen LogP contribution in [0.2, 0.25) is 0 Å². The molecule has 2 aromatic carbocycles. The number of benzene rings is 2. The van der Waals surface area contributed by atoms with Crippen molar-refractivity contribution in [1.82, 2.24) is 0 Å². The minimum absolute atomic E-state index is 0.0190. The SMILES string of the molecule is COc1cc(-c2cc(=O)c3c(O)c(O)c(OC(=O)[C@H]4OC(O)[C@H](O)[C@@H](O)[C@@H]4O)cc3o2)ccc1O. The van der Waals surface area contributed by atoms with Crippen molar-refractivity contribution in [3.63, 3.8) is 0 Å². The van der Waals surface area contributed by atoms with Crippen molar-refractivity contribution in [3.8, 4) is 40.1 Å². The molecule has 0 saturated carbocycles. The molecule has 1 aromatic heterocycles. The molecule has 1 fully saturated rings. The molecule has 0 spiro atoms. The summed E-state index contributed by atoms with van der Waals surface area (Å²) in [5.74, 6) is -4.17. The van der Waals surface area contributed by atoms with Gasteiger partial charge in [-0.3, -0.25) is 4.79 Å². The Bertz CT molecular complexity index is 1350. The molecule has 3 aromatic rings. The first-order valence-electron chi connectivity index (χ1n) is 10.0. The van der Waals surface area contributed by atoms with E-state index in [0.717, 1.165) is 12.1 Å². The Morgan fingerprint density at radius 1 is 0.914 bits per heavy atom. The molecule has 7 N–H and O–H groups in total. The van der Waals surface area contributed by atoms with Gasteiger partial charge < -0.3 is 54.4 Å². The Morgan fingerprint density at radius 3 is 2.31 bits per heavy atom. The standard InChI is InChI=1S/C22H20O13/c1-32-11-4-7(2-3-8(11)23)10-5-9(24)14-12(33-10)6-13(15(25)16(14)26)34-22(31)20-18(28)17(27)19(29)21(30)35-20/h2-6,17-21,23,25-30H,1H3/t17-,18-,19+,20-,21?/m0/s1. The van der Waals surface area contributed by atoms with Crippen LogP contribution >= 0.6 is 0 Å². The third kappa shape index (κ3) is 4.22.